The van der Waals surface area contributed by atoms with Gasteiger partial charge in [-0.1, -0.05) is 0 Å². The molecule has 1 aliphatic heterocycles. The van der Waals surface area contributed by atoms with Crippen molar-refractivity contribution >= 4 is 17.3 Å². The number of hydrogen-bond donors (Lipinski definition) is 0. The molecule has 0 aliphatic carbocycles. The quantitative estimate of drug-likeness (QED) is 0.536. The maximum Gasteiger partial charge on any atom is 0.271 e. The first-order chi connectivity index (χ1) is 7.35. The Morgan fingerprint density at radius 3 is 2.56 bits per heavy atom. The van der Waals surface area contributed by atoms with Gasteiger partial charge in [0.05, 0.1) is 16.0 Å². The Kier molecular flexibility index (Phi) is 2.01. The summed E-state index contributed by atoms with van der Waals surface area (Å²) in [7, 11) is 1.64. The lowest BCUT2D eigenvalue weighted by molar-refractivity contribution is -0.384. The first kappa shape index (κ1) is 10.6. The van der Waals surface area contributed by atoms with Gasteiger partial charge in [-0.25, -0.2) is 0 Å². The van der Waals surface area contributed by atoms with Crippen LogP contribution in [0.5, 0.6) is 0 Å². The molecule has 0 aromatic heterocycles. The van der Waals surface area contributed by atoms with Crippen LogP contribution in [-0.4, -0.2) is 17.9 Å². The molecule has 0 bridgehead atoms. The maximum atomic E-state index is 11.9. The van der Waals surface area contributed by atoms with Crippen LogP contribution >= 0.6 is 0 Å². The molecule has 0 spiro atoms. The van der Waals surface area contributed by atoms with Gasteiger partial charge in [-0.3, -0.25) is 14.9 Å². The van der Waals surface area contributed by atoms with E-state index in [4.69, 9.17) is 0 Å². The molecule has 1 aliphatic rings. The molecule has 5 heteroatoms. The average Bonchev–Trinajstić information content (AvgIpc) is 2.40. The van der Waals surface area contributed by atoms with Crippen LogP contribution in [0.3, 0.4) is 0 Å². The van der Waals surface area contributed by atoms with Crippen molar-refractivity contribution in [1.29, 1.82) is 0 Å². The normalized spacial score (nSPS) is 17.4. The molecule has 0 saturated carbocycles. The summed E-state index contributed by atoms with van der Waals surface area (Å²) < 4.78 is 0. The van der Waals surface area contributed by atoms with Crippen molar-refractivity contribution in [3.8, 4) is 0 Å². The molecule has 2 rings (SSSR count). The third kappa shape index (κ3) is 1.21. The Morgan fingerprint density at radius 2 is 2.00 bits per heavy atom. The summed E-state index contributed by atoms with van der Waals surface area (Å²) in [4.78, 5) is 23.6. The van der Waals surface area contributed by atoms with Crippen LogP contribution in [-0.2, 0) is 10.2 Å². The number of nitro groups is 1. The maximum absolute atomic E-state index is 11.9. The zero-order chi connectivity index (χ0) is 12.1. The van der Waals surface area contributed by atoms with Gasteiger partial charge in [0.25, 0.3) is 5.69 Å². The second-order valence-electron chi connectivity index (χ2n) is 4.45. The van der Waals surface area contributed by atoms with Crippen molar-refractivity contribution in [1.82, 2.24) is 0 Å². The summed E-state index contributed by atoms with van der Waals surface area (Å²) >= 11 is 0. The standard InChI is InChI=1S/C11H12N2O3/c1-11(2)8-5-4-7(13(15)16)6-9(8)12(3)10(11)14/h4-6H,1-3H3. The molecule has 0 atom stereocenters. The van der Waals surface area contributed by atoms with Crippen LogP contribution in [0.25, 0.3) is 0 Å². The number of rotatable bonds is 1. The topological polar surface area (TPSA) is 63.5 Å². The molecular weight excluding hydrogens is 208 g/mol. The minimum absolute atomic E-state index is 0.0103. The fourth-order valence-electron chi connectivity index (χ4n) is 2.08. The SMILES string of the molecule is CN1C(=O)C(C)(C)c2ccc([N+](=O)[O-])cc21. The van der Waals surface area contributed by atoms with Crippen molar-refractivity contribution in [3.63, 3.8) is 0 Å². The number of amides is 1. The second kappa shape index (κ2) is 3.04. The molecule has 0 N–H and O–H groups in total. The van der Waals surface area contributed by atoms with E-state index in [1.165, 1.54) is 17.0 Å². The number of carbonyl (C=O) groups is 1. The smallest absolute Gasteiger partial charge is 0.271 e. The monoisotopic (exact) mass is 220 g/mol. The largest absolute Gasteiger partial charge is 0.314 e. The summed E-state index contributed by atoms with van der Waals surface area (Å²) in [6.07, 6.45) is 0. The van der Waals surface area contributed by atoms with Crippen molar-refractivity contribution in [2.75, 3.05) is 11.9 Å². The minimum Gasteiger partial charge on any atom is -0.314 e. The van der Waals surface area contributed by atoms with Crippen LogP contribution in [0.4, 0.5) is 11.4 Å². The van der Waals surface area contributed by atoms with E-state index in [0.29, 0.717) is 5.69 Å². The first-order valence-electron chi connectivity index (χ1n) is 4.93. The third-order valence-corrected chi connectivity index (χ3v) is 3.07. The number of hydrogen-bond acceptors (Lipinski definition) is 3. The molecule has 0 unspecified atom stereocenters. The lowest BCUT2D eigenvalue weighted by Crippen LogP contribution is -2.33. The highest BCUT2D eigenvalue weighted by molar-refractivity contribution is 6.07. The van der Waals surface area contributed by atoms with E-state index in [2.05, 4.69) is 0 Å². The summed E-state index contributed by atoms with van der Waals surface area (Å²) in [5, 5.41) is 10.7. The number of benzene rings is 1. The number of nitro benzene ring substituents is 1. The molecule has 1 aromatic rings. The van der Waals surface area contributed by atoms with Crippen LogP contribution in [0.2, 0.25) is 0 Å². The zero-order valence-corrected chi connectivity index (χ0v) is 9.35. The summed E-state index contributed by atoms with van der Waals surface area (Å²) in [5.41, 5.74) is 0.880. The highest BCUT2D eigenvalue weighted by Crippen LogP contribution is 2.42. The molecular formula is C11H12N2O3. The van der Waals surface area contributed by atoms with E-state index in [1.54, 1.807) is 13.1 Å². The first-order valence-corrected chi connectivity index (χ1v) is 4.93. The van der Waals surface area contributed by atoms with E-state index in [9.17, 15) is 14.9 Å². The lowest BCUT2D eigenvalue weighted by atomic mass is 9.86. The minimum atomic E-state index is -0.598. The van der Waals surface area contributed by atoms with Gasteiger partial charge >= 0.3 is 0 Å². The van der Waals surface area contributed by atoms with Gasteiger partial charge in [-0.2, -0.15) is 0 Å². The predicted octanol–water partition coefficient (Wildman–Crippen LogP) is 1.85. The van der Waals surface area contributed by atoms with Gasteiger partial charge in [0.1, 0.15) is 0 Å². The van der Waals surface area contributed by atoms with Crippen LogP contribution in [0, 0.1) is 10.1 Å². The van der Waals surface area contributed by atoms with Crippen LogP contribution in [0.1, 0.15) is 19.4 Å². The van der Waals surface area contributed by atoms with E-state index >= 15 is 0 Å². The molecule has 1 aromatic carbocycles. The lowest BCUT2D eigenvalue weighted by Gasteiger charge is -2.16. The Hall–Kier alpha value is -1.91. The van der Waals surface area contributed by atoms with E-state index in [-0.39, 0.29) is 11.6 Å². The molecule has 84 valence electrons. The Labute approximate surface area is 92.8 Å². The van der Waals surface area contributed by atoms with E-state index in [1.807, 2.05) is 13.8 Å². The highest BCUT2D eigenvalue weighted by Gasteiger charge is 2.42. The number of non-ortho nitro benzene ring substituents is 1. The van der Waals surface area contributed by atoms with Crippen molar-refractivity contribution in [3.05, 3.63) is 33.9 Å². The van der Waals surface area contributed by atoms with Gasteiger partial charge in [-0.05, 0) is 25.5 Å². The molecule has 5 nitrogen and oxygen atoms in total. The van der Waals surface area contributed by atoms with Crippen LogP contribution in [0.15, 0.2) is 18.2 Å². The van der Waals surface area contributed by atoms with Crippen molar-refractivity contribution in [2.24, 2.45) is 0 Å². The second-order valence-corrected chi connectivity index (χ2v) is 4.45. The number of nitrogens with zero attached hydrogens (tertiary/aromatic N) is 2. The van der Waals surface area contributed by atoms with E-state index < -0.39 is 10.3 Å². The molecule has 0 fully saturated rings. The molecule has 16 heavy (non-hydrogen) atoms. The summed E-state index contributed by atoms with van der Waals surface area (Å²) in [6.45, 7) is 3.65. The van der Waals surface area contributed by atoms with E-state index in [0.717, 1.165) is 5.56 Å². The van der Waals surface area contributed by atoms with Gasteiger partial charge in [0.2, 0.25) is 5.91 Å². The fourth-order valence-corrected chi connectivity index (χ4v) is 2.08. The average molecular weight is 220 g/mol. The Balaban J connectivity index is 2.63. The number of likely N-dealkylation sites (N-methyl/N-ethyl adjacent to an activating group) is 1. The predicted molar refractivity (Wildman–Crippen MR) is 59.5 cm³/mol. The third-order valence-electron chi connectivity index (χ3n) is 3.07. The highest BCUT2D eigenvalue weighted by atomic mass is 16.6. The number of fused-ring (bicyclic) bond motifs is 1. The molecule has 1 amide bonds. The fraction of sp³-hybridized carbons (Fsp3) is 0.364. The summed E-state index contributed by atoms with van der Waals surface area (Å²) in [5.74, 6) is -0.0389. The van der Waals surface area contributed by atoms with Gasteiger partial charge in [0, 0.05) is 19.2 Å². The Morgan fingerprint density at radius 1 is 1.38 bits per heavy atom. The molecule has 0 saturated heterocycles. The molecule has 0 radical (unpaired) electrons. The van der Waals surface area contributed by atoms with Gasteiger partial charge in [0.15, 0.2) is 0 Å². The van der Waals surface area contributed by atoms with Gasteiger partial charge in [-0.15, -0.1) is 0 Å². The zero-order valence-electron chi connectivity index (χ0n) is 9.35. The Bertz CT molecular complexity index is 494. The number of carbonyl (C=O) groups excluding carboxylic acids is 1. The van der Waals surface area contributed by atoms with Crippen LogP contribution < -0.4 is 4.90 Å². The number of anilines is 1. The van der Waals surface area contributed by atoms with Gasteiger partial charge < -0.3 is 4.90 Å². The summed E-state index contributed by atoms with van der Waals surface area (Å²) in [6, 6.07) is 4.55. The van der Waals surface area contributed by atoms with Crippen molar-refractivity contribution < 1.29 is 9.72 Å². The molecule has 1 heterocycles. The van der Waals surface area contributed by atoms with Crippen molar-refractivity contribution in [2.45, 2.75) is 19.3 Å².